The molecule has 148 valence electrons. The first-order chi connectivity index (χ1) is 14.0. The van der Waals surface area contributed by atoms with Crippen molar-refractivity contribution in [2.75, 3.05) is 12.8 Å². The van der Waals surface area contributed by atoms with E-state index in [1.54, 1.807) is 24.3 Å². The number of nitrogens with zero attached hydrogens (tertiary/aromatic N) is 2. The van der Waals surface area contributed by atoms with E-state index in [4.69, 9.17) is 16.2 Å². The highest BCUT2D eigenvalue weighted by Gasteiger charge is 2.20. The van der Waals surface area contributed by atoms with Crippen molar-refractivity contribution in [3.63, 3.8) is 0 Å². The van der Waals surface area contributed by atoms with Crippen LogP contribution in [0, 0.1) is 0 Å². The van der Waals surface area contributed by atoms with Gasteiger partial charge in [-0.25, -0.2) is 9.97 Å². The number of carbonyl (C=O) groups is 2. The molecule has 0 aliphatic heterocycles. The van der Waals surface area contributed by atoms with Gasteiger partial charge in [0, 0.05) is 19.2 Å². The van der Waals surface area contributed by atoms with Crippen molar-refractivity contribution in [2.24, 2.45) is 5.73 Å². The Balaban J connectivity index is 1.82. The first kappa shape index (κ1) is 20.0. The standard InChI is InChI=1S/C21H21N5O3/c1-29-18(16-12-24-19(22)17(26-16)20(23)27)14-8-5-9-15(10-14)21(28)25-11-13-6-3-2-4-7-13/h2-10,12,18H,11H2,1H3,(H2,22,24)(H2,23,27)(H,25,28). The maximum Gasteiger partial charge on any atom is 0.271 e. The van der Waals surface area contributed by atoms with Gasteiger partial charge in [-0.2, -0.15) is 0 Å². The van der Waals surface area contributed by atoms with Gasteiger partial charge >= 0.3 is 0 Å². The molecule has 0 spiro atoms. The summed E-state index contributed by atoms with van der Waals surface area (Å²) in [4.78, 5) is 32.2. The Morgan fingerprint density at radius 3 is 2.59 bits per heavy atom. The molecule has 3 aromatic rings. The van der Waals surface area contributed by atoms with E-state index in [1.165, 1.54) is 13.3 Å². The van der Waals surface area contributed by atoms with E-state index in [0.717, 1.165) is 5.56 Å². The van der Waals surface area contributed by atoms with Crippen LogP contribution < -0.4 is 16.8 Å². The molecule has 8 nitrogen and oxygen atoms in total. The molecule has 0 radical (unpaired) electrons. The summed E-state index contributed by atoms with van der Waals surface area (Å²) in [6.07, 6.45) is 0.765. The van der Waals surface area contributed by atoms with Crippen LogP contribution in [-0.2, 0) is 11.3 Å². The van der Waals surface area contributed by atoms with Crippen LogP contribution in [0.4, 0.5) is 5.82 Å². The van der Waals surface area contributed by atoms with Gasteiger partial charge in [0.1, 0.15) is 6.10 Å². The lowest BCUT2D eigenvalue weighted by molar-refractivity contribution is 0.0949. The summed E-state index contributed by atoms with van der Waals surface area (Å²) in [6.45, 7) is 0.420. The molecular weight excluding hydrogens is 370 g/mol. The molecule has 8 heteroatoms. The Morgan fingerprint density at radius 2 is 1.90 bits per heavy atom. The molecule has 5 N–H and O–H groups in total. The molecule has 0 bridgehead atoms. The van der Waals surface area contributed by atoms with Gasteiger partial charge in [0.2, 0.25) is 0 Å². The molecule has 1 heterocycles. The normalized spacial score (nSPS) is 11.6. The molecule has 2 amide bonds. The van der Waals surface area contributed by atoms with Crippen LogP contribution in [0.2, 0.25) is 0 Å². The van der Waals surface area contributed by atoms with E-state index in [1.807, 2.05) is 30.3 Å². The van der Waals surface area contributed by atoms with Crippen LogP contribution in [0.5, 0.6) is 0 Å². The summed E-state index contributed by atoms with van der Waals surface area (Å²) in [5, 5.41) is 2.89. The number of anilines is 1. The highest BCUT2D eigenvalue weighted by molar-refractivity contribution is 5.95. The quantitative estimate of drug-likeness (QED) is 0.563. The van der Waals surface area contributed by atoms with Crippen molar-refractivity contribution in [3.8, 4) is 0 Å². The molecule has 0 fully saturated rings. The maximum atomic E-state index is 12.5. The Labute approximate surface area is 167 Å². The molecule has 1 unspecified atom stereocenters. The molecule has 29 heavy (non-hydrogen) atoms. The lowest BCUT2D eigenvalue weighted by Crippen LogP contribution is -2.23. The van der Waals surface area contributed by atoms with Gasteiger partial charge in [-0.15, -0.1) is 0 Å². The number of amides is 2. The molecule has 1 atom stereocenters. The third-order valence-corrected chi connectivity index (χ3v) is 4.30. The first-order valence-corrected chi connectivity index (χ1v) is 8.86. The molecule has 1 aromatic heterocycles. The van der Waals surface area contributed by atoms with Crippen LogP contribution in [0.3, 0.4) is 0 Å². The summed E-state index contributed by atoms with van der Waals surface area (Å²) in [5.41, 5.74) is 13.3. The minimum atomic E-state index is -0.777. The largest absolute Gasteiger partial charge is 0.382 e. The second-order valence-electron chi connectivity index (χ2n) is 6.30. The van der Waals surface area contributed by atoms with Gasteiger partial charge in [-0.3, -0.25) is 9.59 Å². The van der Waals surface area contributed by atoms with E-state index >= 15 is 0 Å². The van der Waals surface area contributed by atoms with Crippen molar-refractivity contribution in [2.45, 2.75) is 12.6 Å². The average molecular weight is 391 g/mol. The third-order valence-electron chi connectivity index (χ3n) is 4.30. The molecule has 0 aliphatic carbocycles. The number of nitrogen functional groups attached to an aromatic ring is 1. The van der Waals surface area contributed by atoms with Crippen molar-refractivity contribution >= 4 is 17.6 Å². The summed E-state index contributed by atoms with van der Waals surface area (Å²) in [5.74, 6) is -1.04. The molecule has 0 saturated carbocycles. The predicted molar refractivity (Wildman–Crippen MR) is 108 cm³/mol. The molecule has 2 aromatic carbocycles. The maximum absolute atomic E-state index is 12.5. The van der Waals surface area contributed by atoms with Crippen molar-refractivity contribution in [3.05, 3.63) is 88.9 Å². The fourth-order valence-electron chi connectivity index (χ4n) is 2.87. The highest BCUT2D eigenvalue weighted by atomic mass is 16.5. The molecule has 3 rings (SSSR count). The topological polar surface area (TPSA) is 133 Å². The third kappa shape index (κ3) is 4.74. The van der Waals surface area contributed by atoms with Gasteiger partial charge in [-0.05, 0) is 23.3 Å². The second kappa shape index (κ2) is 8.94. The predicted octanol–water partition coefficient (Wildman–Crippen LogP) is 1.82. The van der Waals surface area contributed by atoms with Crippen molar-refractivity contribution in [1.82, 2.24) is 15.3 Å². The van der Waals surface area contributed by atoms with Gasteiger partial charge in [0.25, 0.3) is 11.8 Å². The highest BCUT2D eigenvalue weighted by Crippen LogP contribution is 2.25. The summed E-state index contributed by atoms with van der Waals surface area (Å²) in [6, 6.07) is 16.6. The number of benzene rings is 2. The Bertz CT molecular complexity index is 1020. The minimum Gasteiger partial charge on any atom is -0.382 e. The lowest BCUT2D eigenvalue weighted by atomic mass is 10.0. The lowest BCUT2D eigenvalue weighted by Gasteiger charge is -2.17. The zero-order valence-corrected chi connectivity index (χ0v) is 15.8. The number of methoxy groups -OCH3 is 1. The van der Waals surface area contributed by atoms with Crippen LogP contribution >= 0.6 is 0 Å². The summed E-state index contributed by atoms with van der Waals surface area (Å²) >= 11 is 0. The number of nitrogens with one attached hydrogen (secondary N) is 1. The van der Waals surface area contributed by atoms with Crippen LogP contribution in [-0.4, -0.2) is 28.9 Å². The Hall–Kier alpha value is -3.78. The van der Waals surface area contributed by atoms with E-state index in [2.05, 4.69) is 15.3 Å². The number of hydrogen-bond acceptors (Lipinski definition) is 6. The first-order valence-electron chi connectivity index (χ1n) is 8.86. The van der Waals surface area contributed by atoms with Crippen molar-refractivity contribution < 1.29 is 14.3 Å². The fraction of sp³-hybridized carbons (Fsp3) is 0.143. The van der Waals surface area contributed by atoms with Gasteiger partial charge in [-0.1, -0.05) is 42.5 Å². The minimum absolute atomic E-state index is 0.0508. The van der Waals surface area contributed by atoms with E-state index in [0.29, 0.717) is 23.4 Å². The number of nitrogens with two attached hydrogens (primary N) is 2. The molecular formula is C21H21N5O3. The zero-order valence-electron chi connectivity index (χ0n) is 15.8. The summed E-state index contributed by atoms with van der Waals surface area (Å²) in [7, 11) is 1.49. The second-order valence-corrected chi connectivity index (χ2v) is 6.30. The SMILES string of the molecule is COC(c1cccc(C(=O)NCc2ccccc2)c1)c1cnc(N)c(C(N)=O)n1. The van der Waals surface area contributed by atoms with Crippen molar-refractivity contribution in [1.29, 1.82) is 0 Å². The number of rotatable bonds is 7. The van der Waals surface area contributed by atoms with E-state index in [-0.39, 0.29) is 17.4 Å². The van der Waals surface area contributed by atoms with Crippen LogP contribution in [0.15, 0.2) is 60.8 Å². The number of aromatic nitrogens is 2. The fourth-order valence-corrected chi connectivity index (χ4v) is 2.87. The van der Waals surface area contributed by atoms with Gasteiger partial charge < -0.3 is 21.5 Å². The summed E-state index contributed by atoms with van der Waals surface area (Å²) < 4.78 is 5.53. The zero-order chi connectivity index (χ0) is 20.8. The number of carbonyl (C=O) groups excluding carboxylic acids is 2. The number of primary amides is 1. The van der Waals surface area contributed by atoms with Gasteiger partial charge in [0.15, 0.2) is 11.5 Å². The smallest absolute Gasteiger partial charge is 0.271 e. The number of hydrogen-bond donors (Lipinski definition) is 3. The van der Waals surface area contributed by atoms with Crippen LogP contribution in [0.25, 0.3) is 0 Å². The van der Waals surface area contributed by atoms with E-state index in [9.17, 15) is 9.59 Å². The Kier molecular flexibility index (Phi) is 6.16. The number of ether oxygens (including phenoxy) is 1. The van der Waals surface area contributed by atoms with Crippen LogP contribution in [0.1, 0.15) is 43.8 Å². The monoisotopic (exact) mass is 391 g/mol. The average Bonchev–Trinajstić information content (AvgIpc) is 2.74. The molecule has 0 aliphatic rings. The van der Waals surface area contributed by atoms with E-state index < -0.39 is 12.0 Å². The molecule has 0 saturated heterocycles. The van der Waals surface area contributed by atoms with Gasteiger partial charge in [0.05, 0.1) is 11.9 Å². The Morgan fingerprint density at radius 1 is 1.14 bits per heavy atom.